The number of amides is 1. The van der Waals surface area contributed by atoms with E-state index in [2.05, 4.69) is 41.0 Å². The first-order valence-electron chi connectivity index (χ1n) is 13.5. The quantitative estimate of drug-likeness (QED) is 0.480. The number of carbonyl (C=O) groups excluding carboxylic acids is 1. The molecule has 2 aliphatic heterocycles. The Morgan fingerprint density at radius 3 is 2.57 bits per heavy atom. The summed E-state index contributed by atoms with van der Waals surface area (Å²) in [4.78, 5) is 17.8. The maximum Gasteiger partial charge on any atom is 0.227 e. The Labute approximate surface area is 216 Å². The van der Waals surface area contributed by atoms with Crippen LogP contribution in [0.2, 0.25) is 5.02 Å². The van der Waals surface area contributed by atoms with Gasteiger partial charge < -0.3 is 9.64 Å². The smallest absolute Gasteiger partial charge is 0.227 e. The summed E-state index contributed by atoms with van der Waals surface area (Å²) in [5.74, 6) is 1.26. The van der Waals surface area contributed by atoms with E-state index >= 15 is 0 Å². The van der Waals surface area contributed by atoms with Crippen molar-refractivity contribution in [3.8, 4) is 5.75 Å². The third-order valence-corrected chi connectivity index (χ3v) is 8.27. The largest absolute Gasteiger partial charge is 0.492 e. The molecule has 2 heterocycles. The van der Waals surface area contributed by atoms with Gasteiger partial charge in [-0.3, -0.25) is 9.69 Å². The number of aryl methyl sites for hydroxylation is 1. The summed E-state index contributed by atoms with van der Waals surface area (Å²) in [6.07, 6.45) is 9.72. The maximum absolute atomic E-state index is 13.1. The van der Waals surface area contributed by atoms with E-state index in [0.29, 0.717) is 11.4 Å². The molecule has 4 rings (SSSR count). The standard InChI is InChI=1S/C30H41ClN2O2/c1-2-3-18-32-21-22-35-28-14-7-5-10-25(28)11-8-9-15-30(24-32)16-19-33(20-17-30)29(34)23-26-12-4-6-13-27(26)31/h4-7,10,12-14H,2-3,8-9,11,15-24H2,1H3. The van der Waals surface area contributed by atoms with E-state index in [4.69, 9.17) is 16.3 Å². The van der Waals surface area contributed by atoms with E-state index < -0.39 is 0 Å². The Kier molecular flexibility index (Phi) is 9.51. The van der Waals surface area contributed by atoms with Gasteiger partial charge >= 0.3 is 0 Å². The highest BCUT2D eigenvalue weighted by atomic mass is 35.5. The molecule has 0 aromatic heterocycles. The number of unbranched alkanes of at least 4 members (excludes halogenated alkanes) is 1. The number of benzene rings is 2. The van der Waals surface area contributed by atoms with Gasteiger partial charge in [-0.2, -0.15) is 0 Å². The van der Waals surface area contributed by atoms with Crippen molar-refractivity contribution in [2.24, 2.45) is 5.41 Å². The van der Waals surface area contributed by atoms with Crippen LogP contribution >= 0.6 is 11.6 Å². The lowest BCUT2D eigenvalue weighted by Gasteiger charge is -2.45. The second-order valence-electron chi connectivity index (χ2n) is 10.4. The zero-order chi connectivity index (χ0) is 24.5. The summed E-state index contributed by atoms with van der Waals surface area (Å²) in [5.41, 5.74) is 2.55. The molecular formula is C30H41ClN2O2. The number of piperidine rings is 1. The number of likely N-dealkylation sites (tertiary alicyclic amines) is 1. The number of ether oxygens (including phenoxy) is 1. The van der Waals surface area contributed by atoms with Crippen molar-refractivity contribution in [3.05, 3.63) is 64.7 Å². The molecule has 1 amide bonds. The van der Waals surface area contributed by atoms with E-state index in [1.807, 2.05) is 24.3 Å². The number of rotatable bonds is 5. The SMILES string of the molecule is CCCCN1CCOc2ccccc2CCCCC2(CCN(C(=O)Cc3ccccc3Cl)CC2)C1. The Morgan fingerprint density at radius 2 is 1.77 bits per heavy atom. The van der Waals surface area contributed by atoms with Gasteiger partial charge in [0.05, 0.1) is 6.42 Å². The fourth-order valence-corrected chi connectivity index (χ4v) is 5.91. The summed E-state index contributed by atoms with van der Waals surface area (Å²) in [6.45, 7) is 7.91. The molecule has 0 unspecified atom stereocenters. The number of halogens is 1. The fraction of sp³-hybridized carbons (Fsp3) is 0.567. The number of fused-ring (bicyclic) bond motifs is 1. The van der Waals surface area contributed by atoms with Crippen molar-refractivity contribution in [3.63, 3.8) is 0 Å². The van der Waals surface area contributed by atoms with E-state index in [1.54, 1.807) is 0 Å². The molecule has 2 aliphatic rings. The predicted octanol–water partition coefficient (Wildman–Crippen LogP) is 6.40. The molecule has 1 spiro atoms. The summed E-state index contributed by atoms with van der Waals surface area (Å²) >= 11 is 6.31. The van der Waals surface area contributed by atoms with Crippen molar-refractivity contribution in [1.29, 1.82) is 0 Å². The number of hydrogen-bond acceptors (Lipinski definition) is 3. The molecule has 0 bridgehead atoms. The van der Waals surface area contributed by atoms with Gasteiger partial charge in [-0.1, -0.05) is 67.8 Å². The van der Waals surface area contributed by atoms with Crippen LogP contribution in [0, 0.1) is 5.41 Å². The highest BCUT2D eigenvalue weighted by Crippen LogP contribution is 2.38. The Balaban J connectivity index is 1.42. The monoisotopic (exact) mass is 496 g/mol. The number of para-hydroxylation sites is 1. The predicted molar refractivity (Wildman–Crippen MR) is 144 cm³/mol. The third kappa shape index (κ3) is 7.24. The van der Waals surface area contributed by atoms with Crippen LogP contribution in [0.25, 0.3) is 0 Å². The molecule has 190 valence electrons. The van der Waals surface area contributed by atoms with Crippen LogP contribution in [-0.4, -0.2) is 55.0 Å². The van der Waals surface area contributed by atoms with Crippen LogP contribution in [0.1, 0.15) is 63.0 Å². The van der Waals surface area contributed by atoms with Crippen molar-refractivity contribution < 1.29 is 9.53 Å². The average molecular weight is 497 g/mol. The lowest BCUT2D eigenvalue weighted by molar-refractivity contribution is -0.133. The highest BCUT2D eigenvalue weighted by molar-refractivity contribution is 6.31. The van der Waals surface area contributed by atoms with Gasteiger partial charge in [0, 0.05) is 31.2 Å². The molecule has 0 atom stereocenters. The minimum atomic E-state index is 0.203. The summed E-state index contributed by atoms with van der Waals surface area (Å²) in [7, 11) is 0. The maximum atomic E-state index is 13.1. The molecule has 5 heteroatoms. The van der Waals surface area contributed by atoms with Crippen LogP contribution in [0.4, 0.5) is 0 Å². The second kappa shape index (κ2) is 12.8. The molecular weight excluding hydrogens is 456 g/mol. The minimum absolute atomic E-state index is 0.203. The van der Waals surface area contributed by atoms with Crippen molar-refractivity contribution >= 4 is 17.5 Å². The molecule has 2 aromatic rings. The van der Waals surface area contributed by atoms with Gasteiger partial charge in [-0.15, -0.1) is 0 Å². The number of carbonyl (C=O) groups is 1. The van der Waals surface area contributed by atoms with Crippen LogP contribution in [0.15, 0.2) is 48.5 Å². The zero-order valence-corrected chi connectivity index (χ0v) is 22.1. The molecule has 0 radical (unpaired) electrons. The topological polar surface area (TPSA) is 32.8 Å². The van der Waals surface area contributed by atoms with E-state index in [9.17, 15) is 4.79 Å². The first-order valence-corrected chi connectivity index (χ1v) is 13.9. The lowest BCUT2D eigenvalue weighted by atomic mass is 9.73. The molecule has 4 nitrogen and oxygen atoms in total. The Bertz CT molecular complexity index is 955. The molecule has 35 heavy (non-hydrogen) atoms. The fourth-order valence-electron chi connectivity index (χ4n) is 5.71. The van der Waals surface area contributed by atoms with Gasteiger partial charge in [0.15, 0.2) is 0 Å². The van der Waals surface area contributed by atoms with Gasteiger partial charge in [-0.05, 0) is 73.7 Å². The molecule has 0 saturated carbocycles. The molecule has 0 N–H and O–H groups in total. The summed E-state index contributed by atoms with van der Waals surface area (Å²) in [5, 5.41) is 0.684. The first kappa shape index (κ1) is 26.0. The number of nitrogens with zero attached hydrogens (tertiary/aromatic N) is 2. The van der Waals surface area contributed by atoms with Gasteiger partial charge in [0.2, 0.25) is 5.91 Å². The van der Waals surface area contributed by atoms with Crippen molar-refractivity contribution in [1.82, 2.24) is 9.80 Å². The second-order valence-corrected chi connectivity index (χ2v) is 10.8. The highest BCUT2D eigenvalue weighted by Gasteiger charge is 2.37. The van der Waals surface area contributed by atoms with Gasteiger partial charge in [0.25, 0.3) is 0 Å². The third-order valence-electron chi connectivity index (χ3n) is 7.90. The number of hydrogen-bond donors (Lipinski definition) is 0. The lowest BCUT2D eigenvalue weighted by Crippen LogP contribution is -2.49. The Hall–Kier alpha value is -2.04. The molecule has 1 fully saturated rings. The first-order chi connectivity index (χ1) is 17.1. The Morgan fingerprint density at radius 1 is 1.00 bits per heavy atom. The van der Waals surface area contributed by atoms with Crippen molar-refractivity contribution in [2.75, 3.05) is 39.3 Å². The summed E-state index contributed by atoms with van der Waals surface area (Å²) < 4.78 is 6.26. The minimum Gasteiger partial charge on any atom is -0.492 e. The van der Waals surface area contributed by atoms with E-state index in [0.717, 1.165) is 69.9 Å². The average Bonchev–Trinajstić information content (AvgIpc) is 2.87. The van der Waals surface area contributed by atoms with Gasteiger partial charge in [-0.25, -0.2) is 0 Å². The molecule has 0 aliphatic carbocycles. The van der Waals surface area contributed by atoms with E-state index in [-0.39, 0.29) is 11.3 Å². The van der Waals surface area contributed by atoms with Gasteiger partial charge in [0.1, 0.15) is 12.4 Å². The van der Waals surface area contributed by atoms with Crippen LogP contribution in [0.3, 0.4) is 0 Å². The molecule has 2 aromatic carbocycles. The summed E-state index contributed by atoms with van der Waals surface area (Å²) in [6, 6.07) is 16.2. The normalized spacial score (nSPS) is 19.3. The van der Waals surface area contributed by atoms with Crippen LogP contribution < -0.4 is 4.74 Å². The van der Waals surface area contributed by atoms with E-state index in [1.165, 1.54) is 37.7 Å². The van der Waals surface area contributed by atoms with Crippen LogP contribution in [-0.2, 0) is 17.6 Å². The zero-order valence-electron chi connectivity index (χ0n) is 21.3. The van der Waals surface area contributed by atoms with Crippen LogP contribution in [0.5, 0.6) is 5.75 Å². The molecule has 1 saturated heterocycles. The van der Waals surface area contributed by atoms with Crippen molar-refractivity contribution in [2.45, 2.75) is 64.7 Å².